The van der Waals surface area contributed by atoms with Crippen LogP contribution in [-0.2, 0) is 9.53 Å². The van der Waals surface area contributed by atoms with Gasteiger partial charge >= 0.3 is 0 Å². The van der Waals surface area contributed by atoms with Crippen LogP contribution in [0, 0.1) is 0 Å². The Kier molecular flexibility index (Phi) is 4.57. The standard InChI is InChI=1S/C14H18N2O4/c1-10(14(18)16-6-8-19-9-7-16)20-12-4-2-11(3-5-12)13(15)17/h2-5,10H,6-9H2,1H3,(H2,15,17)/t10-/m0/s1. The molecule has 0 spiro atoms. The van der Waals surface area contributed by atoms with Crippen molar-refractivity contribution < 1.29 is 19.1 Å². The van der Waals surface area contributed by atoms with Gasteiger partial charge in [0.25, 0.3) is 5.91 Å². The van der Waals surface area contributed by atoms with E-state index in [4.69, 9.17) is 15.2 Å². The lowest BCUT2D eigenvalue weighted by atomic mass is 10.2. The Bertz CT molecular complexity index is 480. The van der Waals surface area contributed by atoms with Gasteiger partial charge in [-0.3, -0.25) is 9.59 Å². The third-order valence-corrected chi connectivity index (χ3v) is 3.12. The first-order valence-corrected chi connectivity index (χ1v) is 6.51. The van der Waals surface area contributed by atoms with E-state index >= 15 is 0 Å². The van der Waals surface area contributed by atoms with E-state index < -0.39 is 12.0 Å². The van der Waals surface area contributed by atoms with E-state index in [1.165, 1.54) is 0 Å². The quantitative estimate of drug-likeness (QED) is 0.865. The molecule has 2 amide bonds. The van der Waals surface area contributed by atoms with Gasteiger partial charge in [-0.05, 0) is 31.2 Å². The molecule has 0 unspecified atom stereocenters. The highest BCUT2D eigenvalue weighted by atomic mass is 16.5. The molecule has 1 aliphatic rings. The maximum atomic E-state index is 12.1. The van der Waals surface area contributed by atoms with Gasteiger partial charge in [0.2, 0.25) is 5.91 Å². The summed E-state index contributed by atoms with van der Waals surface area (Å²) in [7, 11) is 0. The van der Waals surface area contributed by atoms with E-state index in [-0.39, 0.29) is 5.91 Å². The fraction of sp³-hybridized carbons (Fsp3) is 0.429. The summed E-state index contributed by atoms with van der Waals surface area (Å²) in [5.74, 6) is -0.0228. The van der Waals surface area contributed by atoms with Gasteiger partial charge in [0, 0.05) is 18.7 Å². The second-order valence-electron chi connectivity index (χ2n) is 4.59. The molecule has 1 fully saturated rings. The number of amides is 2. The molecule has 1 saturated heterocycles. The van der Waals surface area contributed by atoms with Crippen LogP contribution in [0.1, 0.15) is 17.3 Å². The summed E-state index contributed by atoms with van der Waals surface area (Å²) in [5, 5.41) is 0. The van der Waals surface area contributed by atoms with E-state index in [0.717, 1.165) is 0 Å². The summed E-state index contributed by atoms with van der Waals surface area (Å²) in [4.78, 5) is 24.8. The van der Waals surface area contributed by atoms with Gasteiger partial charge in [0.05, 0.1) is 13.2 Å². The number of hydrogen-bond acceptors (Lipinski definition) is 4. The minimum Gasteiger partial charge on any atom is -0.481 e. The number of nitrogens with zero attached hydrogens (tertiary/aromatic N) is 1. The smallest absolute Gasteiger partial charge is 0.263 e. The Labute approximate surface area is 117 Å². The SMILES string of the molecule is C[C@H](Oc1ccc(C(N)=O)cc1)C(=O)N1CCOCC1. The van der Waals surface area contributed by atoms with E-state index in [0.29, 0.717) is 37.6 Å². The Balaban J connectivity index is 1.94. The van der Waals surface area contributed by atoms with Gasteiger partial charge in [0.15, 0.2) is 6.10 Å². The molecular weight excluding hydrogens is 260 g/mol. The highest BCUT2D eigenvalue weighted by molar-refractivity contribution is 5.92. The Morgan fingerprint density at radius 2 is 1.85 bits per heavy atom. The highest BCUT2D eigenvalue weighted by Gasteiger charge is 2.23. The molecule has 1 atom stereocenters. The largest absolute Gasteiger partial charge is 0.481 e. The van der Waals surface area contributed by atoms with Gasteiger partial charge in [-0.1, -0.05) is 0 Å². The van der Waals surface area contributed by atoms with Crippen LogP contribution in [0.15, 0.2) is 24.3 Å². The van der Waals surface area contributed by atoms with E-state index in [1.807, 2.05) is 0 Å². The first kappa shape index (κ1) is 14.3. The van der Waals surface area contributed by atoms with Crippen molar-refractivity contribution in [3.63, 3.8) is 0 Å². The summed E-state index contributed by atoms with van der Waals surface area (Å²) in [6.45, 7) is 4.01. The van der Waals surface area contributed by atoms with Gasteiger partial charge in [-0.2, -0.15) is 0 Å². The van der Waals surface area contributed by atoms with Gasteiger partial charge < -0.3 is 20.1 Å². The maximum absolute atomic E-state index is 12.1. The van der Waals surface area contributed by atoms with Crippen LogP contribution in [0.3, 0.4) is 0 Å². The Morgan fingerprint density at radius 1 is 1.25 bits per heavy atom. The zero-order valence-corrected chi connectivity index (χ0v) is 11.4. The average Bonchev–Trinajstić information content (AvgIpc) is 2.48. The molecule has 0 radical (unpaired) electrons. The first-order valence-electron chi connectivity index (χ1n) is 6.51. The molecule has 1 heterocycles. The molecule has 0 aromatic heterocycles. The zero-order valence-electron chi connectivity index (χ0n) is 11.4. The molecule has 1 aromatic rings. The van der Waals surface area contributed by atoms with Crippen LogP contribution >= 0.6 is 0 Å². The van der Waals surface area contributed by atoms with Crippen molar-refractivity contribution in [3.8, 4) is 5.75 Å². The Hall–Kier alpha value is -2.08. The topological polar surface area (TPSA) is 81.9 Å². The predicted molar refractivity (Wildman–Crippen MR) is 72.4 cm³/mol. The van der Waals surface area contributed by atoms with Crippen LogP contribution in [-0.4, -0.2) is 49.1 Å². The van der Waals surface area contributed by atoms with Crippen molar-refractivity contribution in [2.75, 3.05) is 26.3 Å². The van der Waals surface area contributed by atoms with Crippen LogP contribution < -0.4 is 10.5 Å². The molecule has 1 aromatic carbocycles. The minimum atomic E-state index is -0.576. The van der Waals surface area contributed by atoms with Crippen LogP contribution in [0.5, 0.6) is 5.75 Å². The van der Waals surface area contributed by atoms with Gasteiger partial charge in [-0.15, -0.1) is 0 Å². The van der Waals surface area contributed by atoms with Crippen molar-refractivity contribution in [2.24, 2.45) is 5.73 Å². The molecule has 0 bridgehead atoms. The van der Waals surface area contributed by atoms with Crippen molar-refractivity contribution in [2.45, 2.75) is 13.0 Å². The van der Waals surface area contributed by atoms with Crippen molar-refractivity contribution in [1.29, 1.82) is 0 Å². The lowest BCUT2D eigenvalue weighted by Crippen LogP contribution is -2.46. The second-order valence-corrected chi connectivity index (χ2v) is 4.59. The summed E-state index contributed by atoms with van der Waals surface area (Å²) in [6, 6.07) is 6.40. The van der Waals surface area contributed by atoms with Crippen LogP contribution in [0.4, 0.5) is 0 Å². The number of nitrogens with two attached hydrogens (primary N) is 1. The van der Waals surface area contributed by atoms with Crippen LogP contribution in [0.2, 0.25) is 0 Å². The van der Waals surface area contributed by atoms with Gasteiger partial charge in [-0.25, -0.2) is 0 Å². The number of rotatable bonds is 4. The number of hydrogen-bond donors (Lipinski definition) is 1. The first-order chi connectivity index (χ1) is 9.58. The molecule has 6 heteroatoms. The number of carbonyl (C=O) groups is 2. The number of morpholine rings is 1. The number of ether oxygens (including phenoxy) is 2. The maximum Gasteiger partial charge on any atom is 0.263 e. The summed E-state index contributed by atoms with van der Waals surface area (Å²) in [5.41, 5.74) is 5.57. The van der Waals surface area contributed by atoms with Crippen molar-refractivity contribution >= 4 is 11.8 Å². The predicted octanol–water partition coefficient (Wildman–Crippen LogP) is 0.412. The molecular formula is C14H18N2O4. The Morgan fingerprint density at radius 3 is 2.40 bits per heavy atom. The van der Waals surface area contributed by atoms with E-state index in [2.05, 4.69) is 0 Å². The second kappa shape index (κ2) is 6.38. The number of carbonyl (C=O) groups excluding carboxylic acids is 2. The van der Waals surface area contributed by atoms with Gasteiger partial charge in [0.1, 0.15) is 5.75 Å². The van der Waals surface area contributed by atoms with Crippen molar-refractivity contribution in [3.05, 3.63) is 29.8 Å². The molecule has 2 rings (SSSR count). The molecule has 20 heavy (non-hydrogen) atoms. The van der Waals surface area contributed by atoms with E-state index in [9.17, 15) is 9.59 Å². The summed E-state index contributed by atoms with van der Waals surface area (Å²) in [6.07, 6.45) is -0.576. The zero-order chi connectivity index (χ0) is 14.5. The summed E-state index contributed by atoms with van der Waals surface area (Å²) >= 11 is 0. The molecule has 2 N–H and O–H groups in total. The number of primary amides is 1. The van der Waals surface area contributed by atoms with Crippen LogP contribution in [0.25, 0.3) is 0 Å². The molecule has 0 saturated carbocycles. The molecule has 0 aliphatic carbocycles. The van der Waals surface area contributed by atoms with Crippen molar-refractivity contribution in [1.82, 2.24) is 4.90 Å². The average molecular weight is 278 g/mol. The number of benzene rings is 1. The third kappa shape index (κ3) is 3.48. The fourth-order valence-corrected chi connectivity index (χ4v) is 1.99. The highest BCUT2D eigenvalue weighted by Crippen LogP contribution is 2.15. The molecule has 108 valence electrons. The van der Waals surface area contributed by atoms with E-state index in [1.54, 1.807) is 36.1 Å². The minimum absolute atomic E-state index is 0.0627. The normalized spacial score (nSPS) is 16.6. The monoisotopic (exact) mass is 278 g/mol. The lowest BCUT2D eigenvalue weighted by molar-refractivity contribution is -0.142. The third-order valence-electron chi connectivity index (χ3n) is 3.12. The fourth-order valence-electron chi connectivity index (χ4n) is 1.99. The summed E-state index contributed by atoms with van der Waals surface area (Å²) < 4.78 is 10.8. The molecule has 6 nitrogen and oxygen atoms in total. The molecule has 1 aliphatic heterocycles. The lowest BCUT2D eigenvalue weighted by Gasteiger charge is -2.29.